The molecule has 35 heavy (non-hydrogen) atoms. The van der Waals surface area contributed by atoms with Gasteiger partial charge in [-0.05, 0) is 35.4 Å². The maximum absolute atomic E-state index is 12.5. The highest BCUT2D eigenvalue weighted by molar-refractivity contribution is 7.21. The number of benzene rings is 3. The molecule has 4 rings (SSSR count). The Hall–Kier alpha value is -3.88. The summed E-state index contributed by atoms with van der Waals surface area (Å²) in [4.78, 5) is 25.0. The standard InChI is InChI=1S/C26H22ClN3O4S/c1-33-20-12-11-18(13-21(20)34-16-17-7-3-2-4-8-17)14-29-30-23(31)15-28-26(32)25-24(27)19-9-5-6-10-22(19)35-25/h2-14H,15-16H2,1H3,(H,28,32)(H,30,31). The van der Waals surface area contributed by atoms with E-state index >= 15 is 0 Å². The number of hydrogen-bond acceptors (Lipinski definition) is 6. The minimum absolute atomic E-state index is 0.241. The van der Waals surface area contributed by atoms with Gasteiger partial charge in [-0.2, -0.15) is 5.10 Å². The van der Waals surface area contributed by atoms with Crippen molar-refractivity contribution in [2.24, 2.45) is 5.10 Å². The van der Waals surface area contributed by atoms with Crippen LogP contribution in [0.5, 0.6) is 11.5 Å². The first-order valence-electron chi connectivity index (χ1n) is 10.7. The molecule has 1 heterocycles. The van der Waals surface area contributed by atoms with Gasteiger partial charge in [0.25, 0.3) is 11.8 Å². The topological polar surface area (TPSA) is 89.0 Å². The fourth-order valence-corrected chi connectivity index (χ4v) is 4.67. The van der Waals surface area contributed by atoms with Crippen molar-refractivity contribution in [1.29, 1.82) is 0 Å². The quantitative estimate of drug-likeness (QED) is 0.246. The van der Waals surface area contributed by atoms with E-state index < -0.39 is 11.8 Å². The van der Waals surface area contributed by atoms with Gasteiger partial charge in [-0.3, -0.25) is 9.59 Å². The molecule has 4 aromatic rings. The molecule has 2 amide bonds. The molecule has 0 saturated heterocycles. The van der Waals surface area contributed by atoms with E-state index in [-0.39, 0.29) is 6.54 Å². The number of carbonyl (C=O) groups is 2. The number of rotatable bonds is 9. The highest BCUT2D eigenvalue weighted by Gasteiger charge is 2.17. The van der Waals surface area contributed by atoms with Crippen LogP contribution in [0.3, 0.4) is 0 Å². The number of ether oxygens (including phenoxy) is 2. The molecule has 0 bridgehead atoms. The first-order chi connectivity index (χ1) is 17.0. The molecule has 0 unspecified atom stereocenters. The molecule has 0 radical (unpaired) electrons. The minimum atomic E-state index is -0.471. The van der Waals surface area contributed by atoms with Crippen LogP contribution in [-0.4, -0.2) is 31.7 Å². The number of hydrogen-bond donors (Lipinski definition) is 2. The maximum Gasteiger partial charge on any atom is 0.263 e. The highest BCUT2D eigenvalue weighted by Crippen LogP contribution is 2.35. The summed E-state index contributed by atoms with van der Waals surface area (Å²) in [5.74, 6) is 0.260. The Morgan fingerprint density at radius 2 is 1.80 bits per heavy atom. The van der Waals surface area contributed by atoms with Gasteiger partial charge in [0, 0.05) is 10.1 Å². The number of nitrogens with zero attached hydrogens (tertiary/aromatic N) is 1. The van der Waals surface area contributed by atoms with Crippen molar-refractivity contribution in [1.82, 2.24) is 10.7 Å². The van der Waals surface area contributed by atoms with Crippen LogP contribution in [0.25, 0.3) is 10.1 Å². The second-order valence-corrected chi connectivity index (χ2v) is 8.83. The van der Waals surface area contributed by atoms with E-state index in [1.165, 1.54) is 17.6 Å². The Morgan fingerprint density at radius 3 is 2.57 bits per heavy atom. The van der Waals surface area contributed by atoms with Crippen molar-refractivity contribution in [3.05, 3.63) is 93.8 Å². The monoisotopic (exact) mass is 507 g/mol. The first-order valence-corrected chi connectivity index (χ1v) is 11.9. The molecule has 0 spiro atoms. The Labute approximate surface area is 211 Å². The number of methoxy groups -OCH3 is 1. The highest BCUT2D eigenvalue weighted by atomic mass is 35.5. The van der Waals surface area contributed by atoms with Crippen molar-refractivity contribution in [3.8, 4) is 11.5 Å². The van der Waals surface area contributed by atoms with Crippen molar-refractivity contribution in [2.75, 3.05) is 13.7 Å². The molecule has 0 fully saturated rings. The van der Waals surface area contributed by atoms with E-state index in [4.69, 9.17) is 21.1 Å². The van der Waals surface area contributed by atoms with Gasteiger partial charge in [-0.15, -0.1) is 11.3 Å². The van der Waals surface area contributed by atoms with Gasteiger partial charge in [0.05, 0.1) is 24.9 Å². The predicted octanol–water partition coefficient (Wildman–Crippen LogP) is 5.02. The Balaban J connectivity index is 1.31. The molecule has 3 aromatic carbocycles. The summed E-state index contributed by atoms with van der Waals surface area (Å²) in [5, 5.41) is 7.73. The summed E-state index contributed by atoms with van der Waals surface area (Å²) >= 11 is 7.59. The van der Waals surface area contributed by atoms with Crippen LogP contribution in [0.2, 0.25) is 5.02 Å². The second-order valence-electron chi connectivity index (χ2n) is 7.40. The van der Waals surface area contributed by atoms with Crippen LogP contribution < -0.4 is 20.2 Å². The maximum atomic E-state index is 12.5. The normalized spacial score (nSPS) is 10.9. The average Bonchev–Trinajstić information content (AvgIpc) is 3.23. The molecule has 0 aliphatic heterocycles. The van der Waals surface area contributed by atoms with Crippen LogP contribution in [0.15, 0.2) is 77.9 Å². The number of hydrazone groups is 1. The Kier molecular flexibility index (Phi) is 7.97. The lowest BCUT2D eigenvalue weighted by Crippen LogP contribution is -2.34. The van der Waals surface area contributed by atoms with E-state index in [2.05, 4.69) is 15.8 Å². The molecular weight excluding hydrogens is 486 g/mol. The number of thiophene rings is 1. The molecule has 0 atom stereocenters. The molecule has 7 nitrogen and oxygen atoms in total. The van der Waals surface area contributed by atoms with Crippen molar-refractivity contribution in [2.45, 2.75) is 6.61 Å². The summed E-state index contributed by atoms with van der Waals surface area (Å²) < 4.78 is 12.2. The summed E-state index contributed by atoms with van der Waals surface area (Å²) in [5.41, 5.74) is 4.13. The summed E-state index contributed by atoms with van der Waals surface area (Å²) in [6, 6.07) is 22.6. The van der Waals surface area contributed by atoms with Gasteiger partial charge in [0.1, 0.15) is 11.5 Å². The van der Waals surface area contributed by atoms with Crippen LogP contribution in [0, 0.1) is 0 Å². The van der Waals surface area contributed by atoms with Gasteiger partial charge in [0.2, 0.25) is 0 Å². The van der Waals surface area contributed by atoms with Crippen LogP contribution >= 0.6 is 22.9 Å². The molecular formula is C26H22ClN3O4S. The predicted molar refractivity (Wildman–Crippen MR) is 139 cm³/mol. The van der Waals surface area contributed by atoms with E-state index in [0.717, 1.165) is 15.6 Å². The van der Waals surface area contributed by atoms with E-state index in [1.54, 1.807) is 25.3 Å². The van der Waals surface area contributed by atoms with Crippen molar-refractivity contribution >= 4 is 51.1 Å². The zero-order chi connectivity index (χ0) is 24.6. The second kappa shape index (κ2) is 11.5. The lowest BCUT2D eigenvalue weighted by atomic mass is 10.2. The van der Waals surface area contributed by atoms with Crippen LogP contribution in [0.4, 0.5) is 0 Å². The molecule has 0 saturated carbocycles. The van der Waals surface area contributed by atoms with Crippen LogP contribution in [0.1, 0.15) is 20.8 Å². The third kappa shape index (κ3) is 6.17. The Bertz CT molecular complexity index is 1370. The largest absolute Gasteiger partial charge is 0.493 e. The third-order valence-corrected chi connectivity index (χ3v) is 6.65. The first kappa shape index (κ1) is 24.3. The third-order valence-electron chi connectivity index (χ3n) is 4.98. The lowest BCUT2D eigenvalue weighted by molar-refractivity contribution is -0.120. The van der Waals surface area contributed by atoms with Crippen LogP contribution in [-0.2, 0) is 11.4 Å². The lowest BCUT2D eigenvalue weighted by Gasteiger charge is -2.11. The molecule has 0 aliphatic rings. The molecule has 9 heteroatoms. The molecule has 178 valence electrons. The summed E-state index contributed by atoms with van der Waals surface area (Å²) in [7, 11) is 1.57. The molecule has 0 aliphatic carbocycles. The van der Waals surface area contributed by atoms with Gasteiger partial charge >= 0.3 is 0 Å². The van der Waals surface area contributed by atoms with Gasteiger partial charge in [-0.1, -0.05) is 60.1 Å². The fourth-order valence-electron chi connectivity index (χ4n) is 3.24. The van der Waals surface area contributed by atoms with Crippen molar-refractivity contribution in [3.63, 3.8) is 0 Å². The summed E-state index contributed by atoms with van der Waals surface area (Å²) in [6.07, 6.45) is 1.48. The van der Waals surface area contributed by atoms with Gasteiger partial charge in [-0.25, -0.2) is 5.43 Å². The molecule has 1 aromatic heterocycles. The van der Waals surface area contributed by atoms with E-state index in [1.807, 2.05) is 54.6 Å². The number of halogens is 1. The molecule has 2 N–H and O–H groups in total. The number of fused-ring (bicyclic) bond motifs is 1. The SMILES string of the molecule is COc1ccc(C=NNC(=O)CNC(=O)c2sc3ccccc3c2Cl)cc1OCc1ccccc1. The van der Waals surface area contributed by atoms with E-state index in [9.17, 15) is 9.59 Å². The zero-order valence-corrected chi connectivity index (χ0v) is 20.4. The smallest absolute Gasteiger partial charge is 0.263 e. The fraction of sp³-hybridized carbons (Fsp3) is 0.115. The van der Waals surface area contributed by atoms with Gasteiger partial charge in [0.15, 0.2) is 11.5 Å². The van der Waals surface area contributed by atoms with Crippen molar-refractivity contribution < 1.29 is 19.1 Å². The Morgan fingerprint density at radius 1 is 1.03 bits per heavy atom. The number of nitrogens with one attached hydrogen (secondary N) is 2. The zero-order valence-electron chi connectivity index (χ0n) is 18.8. The average molecular weight is 508 g/mol. The summed E-state index contributed by atoms with van der Waals surface area (Å²) in [6.45, 7) is 0.146. The van der Waals surface area contributed by atoms with Gasteiger partial charge < -0.3 is 14.8 Å². The van der Waals surface area contributed by atoms with E-state index in [0.29, 0.717) is 33.6 Å². The number of amides is 2. The number of carbonyl (C=O) groups excluding carboxylic acids is 2. The minimum Gasteiger partial charge on any atom is -0.493 e.